The number of nitrogens with two attached hydrogens (primary N) is 1. The standard InChI is InChI=1S/C14H19N3O2/c1-9(8-15)14(19)16-11-4-5-12-10(7-11)3-6-13(18)17(12)2/h4-5,7,9H,3,6,8,15H2,1-2H3,(H,16,19). The number of nitrogens with zero attached hydrogens (tertiary/aromatic N) is 1. The second-order valence-corrected chi connectivity index (χ2v) is 4.92. The first kappa shape index (κ1) is 13.5. The number of hydrogen-bond acceptors (Lipinski definition) is 3. The Morgan fingerprint density at radius 2 is 2.21 bits per heavy atom. The molecule has 3 N–H and O–H groups in total. The van der Waals surface area contributed by atoms with Crippen LogP contribution < -0.4 is 16.0 Å². The van der Waals surface area contributed by atoms with Crippen molar-refractivity contribution in [1.29, 1.82) is 0 Å². The number of carbonyl (C=O) groups excluding carboxylic acids is 2. The lowest BCUT2D eigenvalue weighted by molar-refractivity contribution is -0.119. The summed E-state index contributed by atoms with van der Waals surface area (Å²) in [6.45, 7) is 2.12. The van der Waals surface area contributed by atoms with Crippen LogP contribution in [0.5, 0.6) is 0 Å². The van der Waals surface area contributed by atoms with Gasteiger partial charge >= 0.3 is 0 Å². The van der Waals surface area contributed by atoms with E-state index in [2.05, 4.69) is 5.32 Å². The third-order valence-corrected chi connectivity index (χ3v) is 3.49. The smallest absolute Gasteiger partial charge is 0.228 e. The number of nitrogens with one attached hydrogen (secondary N) is 1. The predicted octanol–water partition coefficient (Wildman–Crippen LogP) is 1.13. The maximum Gasteiger partial charge on any atom is 0.228 e. The van der Waals surface area contributed by atoms with Crippen molar-refractivity contribution in [1.82, 2.24) is 0 Å². The van der Waals surface area contributed by atoms with E-state index >= 15 is 0 Å². The summed E-state index contributed by atoms with van der Waals surface area (Å²) in [5.41, 5.74) is 8.22. The fourth-order valence-corrected chi connectivity index (χ4v) is 2.11. The number of benzene rings is 1. The van der Waals surface area contributed by atoms with Crippen molar-refractivity contribution in [3.63, 3.8) is 0 Å². The summed E-state index contributed by atoms with van der Waals surface area (Å²) in [4.78, 5) is 25.0. The Morgan fingerprint density at radius 1 is 1.47 bits per heavy atom. The van der Waals surface area contributed by atoms with Crippen LogP contribution in [0.1, 0.15) is 18.9 Å². The molecule has 102 valence electrons. The Labute approximate surface area is 112 Å². The molecule has 0 saturated heterocycles. The minimum atomic E-state index is -0.208. The van der Waals surface area contributed by atoms with Gasteiger partial charge in [0.25, 0.3) is 0 Å². The average Bonchev–Trinajstić information content (AvgIpc) is 2.42. The zero-order valence-electron chi connectivity index (χ0n) is 11.3. The monoisotopic (exact) mass is 261 g/mol. The summed E-state index contributed by atoms with van der Waals surface area (Å²) in [5, 5.41) is 2.85. The molecule has 1 unspecified atom stereocenters. The molecule has 1 aliphatic heterocycles. The van der Waals surface area contributed by atoms with Crippen LogP contribution in [0.15, 0.2) is 18.2 Å². The van der Waals surface area contributed by atoms with Crippen LogP contribution >= 0.6 is 0 Å². The van der Waals surface area contributed by atoms with Crippen molar-refractivity contribution in [2.24, 2.45) is 11.7 Å². The van der Waals surface area contributed by atoms with Gasteiger partial charge in [0.2, 0.25) is 11.8 Å². The van der Waals surface area contributed by atoms with E-state index in [1.165, 1.54) is 0 Å². The summed E-state index contributed by atoms with van der Waals surface area (Å²) in [6.07, 6.45) is 1.23. The van der Waals surface area contributed by atoms with E-state index in [4.69, 9.17) is 5.73 Å². The molecular weight excluding hydrogens is 242 g/mol. The summed E-state index contributed by atoms with van der Waals surface area (Å²) in [6, 6.07) is 5.61. The fraction of sp³-hybridized carbons (Fsp3) is 0.429. The van der Waals surface area contributed by atoms with Crippen molar-refractivity contribution in [3.05, 3.63) is 23.8 Å². The number of carbonyl (C=O) groups is 2. The van der Waals surface area contributed by atoms with Crippen LogP contribution in [0.25, 0.3) is 0 Å². The van der Waals surface area contributed by atoms with Crippen molar-refractivity contribution < 1.29 is 9.59 Å². The molecule has 5 heteroatoms. The van der Waals surface area contributed by atoms with Crippen molar-refractivity contribution >= 4 is 23.2 Å². The van der Waals surface area contributed by atoms with Crippen LogP contribution in [-0.4, -0.2) is 25.4 Å². The zero-order chi connectivity index (χ0) is 14.0. The molecule has 5 nitrogen and oxygen atoms in total. The van der Waals surface area contributed by atoms with E-state index in [0.717, 1.165) is 16.9 Å². The molecule has 19 heavy (non-hydrogen) atoms. The highest BCUT2D eigenvalue weighted by atomic mass is 16.2. The van der Waals surface area contributed by atoms with E-state index < -0.39 is 0 Å². The minimum absolute atomic E-state index is 0.0808. The molecule has 1 aromatic rings. The molecule has 0 fully saturated rings. The van der Waals surface area contributed by atoms with Gasteiger partial charge < -0.3 is 16.0 Å². The molecule has 0 aromatic heterocycles. The van der Waals surface area contributed by atoms with E-state index in [1.54, 1.807) is 18.9 Å². The van der Waals surface area contributed by atoms with Crippen molar-refractivity contribution in [2.75, 3.05) is 23.8 Å². The molecule has 1 aromatic carbocycles. The van der Waals surface area contributed by atoms with Gasteiger partial charge in [0.15, 0.2) is 0 Å². The Balaban J connectivity index is 2.18. The van der Waals surface area contributed by atoms with Crippen LogP contribution in [0, 0.1) is 5.92 Å². The normalized spacial score (nSPS) is 15.9. The number of fused-ring (bicyclic) bond motifs is 1. The number of amides is 2. The second-order valence-electron chi connectivity index (χ2n) is 4.92. The van der Waals surface area contributed by atoms with Gasteiger partial charge in [-0.15, -0.1) is 0 Å². The van der Waals surface area contributed by atoms with Gasteiger partial charge in [0.1, 0.15) is 0 Å². The molecule has 2 amide bonds. The van der Waals surface area contributed by atoms with Gasteiger partial charge in [-0.25, -0.2) is 0 Å². The average molecular weight is 261 g/mol. The highest BCUT2D eigenvalue weighted by Gasteiger charge is 2.21. The molecular formula is C14H19N3O2. The Bertz CT molecular complexity index is 513. The summed E-state index contributed by atoms with van der Waals surface area (Å²) >= 11 is 0. The summed E-state index contributed by atoms with van der Waals surface area (Å²) in [7, 11) is 1.77. The topological polar surface area (TPSA) is 75.4 Å². The molecule has 1 heterocycles. The molecule has 1 aliphatic rings. The lowest BCUT2D eigenvalue weighted by atomic mass is 10.0. The van der Waals surface area contributed by atoms with Gasteiger partial charge in [-0.3, -0.25) is 9.59 Å². The van der Waals surface area contributed by atoms with E-state index in [1.807, 2.05) is 18.2 Å². The van der Waals surface area contributed by atoms with Gasteiger partial charge in [-0.05, 0) is 30.2 Å². The first-order valence-corrected chi connectivity index (χ1v) is 6.43. The molecule has 0 bridgehead atoms. The highest BCUT2D eigenvalue weighted by molar-refractivity contribution is 5.97. The summed E-state index contributed by atoms with van der Waals surface area (Å²) < 4.78 is 0. The molecule has 1 atom stereocenters. The molecule has 0 aliphatic carbocycles. The number of anilines is 2. The van der Waals surface area contributed by atoms with Gasteiger partial charge in [0, 0.05) is 37.3 Å². The van der Waals surface area contributed by atoms with Gasteiger partial charge in [-0.1, -0.05) is 6.92 Å². The first-order chi connectivity index (χ1) is 9.02. The quantitative estimate of drug-likeness (QED) is 0.856. The van der Waals surface area contributed by atoms with E-state index in [9.17, 15) is 9.59 Å². The van der Waals surface area contributed by atoms with E-state index in [-0.39, 0.29) is 17.7 Å². The number of hydrogen-bond donors (Lipinski definition) is 2. The number of aryl methyl sites for hydroxylation is 1. The first-order valence-electron chi connectivity index (χ1n) is 6.43. The molecule has 0 spiro atoms. The fourth-order valence-electron chi connectivity index (χ4n) is 2.11. The van der Waals surface area contributed by atoms with Crippen molar-refractivity contribution in [2.45, 2.75) is 19.8 Å². The van der Waals surface area contributed by atoms with E-state index in [0.29, 0.717) is 19.4 Å². The largest absolute Gasteiger partial charge is 0.330 e. The lowest BCUT2D eigenvalue weighted by Gasteiger charge is -2.26. The van der Waals surface area contributed by atoms with Gasteiger partial charge in [0.05, 0.1) is 0 Å². The Morgan fingerprint density at radius 3 is 2.89 bits per heavy atom. The number of rotatable bonds is 3. The Hall–Kier alpha value is -1.88. The maximum absolute atomic E-state index is 11.8. The zero-order valence-corrected chi connectivity index (χ0v) is 11.3. The lowest BCUT2D eigenvalue weighted by Crippen LogP contribution is -2.31. The predicted molar refractivity (Wildman–Crippen MR) is 75.0 cm³/mol. The minimum Gasteiger partial charge on any atom is -0.330 e. The highest BCUT2D eigenvalue weighted by Crippen LogP contribution is 2.29. The summed E-state index contributed by atoms with van der Waals surface area (Å²) in [5.74, 6) is -0.163. The maximum atomic E-state index is 11.8. The van der Waals surface area contributed by atoms with Crippen molar-refractivity contribution in [3.8, 4) is 0 Å². The second kappa shape index (κ2) is 5.40. The third-order valence-electron chi connectivity index (χ3n) is 3.49. The third kappa shape index (κ3) is 2.76. The van der Waals surface area contributed by atoms with Crippen LogP contribution in [0.2, 0.25) is 0 Å². The molecule has 0 saturated carbocycles. The van der Waals surface area contributed by atoms with Crippen LogP contribution in [-0.2, 0) is 16.0 Å². The van der Waals surface area contributed by atoms with Gasteiger partial charge in [-0.2, -0.15) is 0 Å². The molecule has 2 rings (SSSR count). The van der Waals surface area contributed by atoms with Crippen LogP contribution in [0.4, 0.5) is 11.4 Å². The molecule has 0 radical (unpaired) electrons. The van der Waals surface area contributed by atoms with Crippen LogP contribution in [0.3, 0.4) is 0 Å². The SMILES string of the molecule is CC(CN)C(=O)Nc1ccc2c(c1)CCC(=O)N2C. The Kier molecular flexibility index (Phi) is 3.85.